The van der Waals surface area contributed by atoms with Gasteiger partial charge in [-0.2, -0.15) is 10.2 Å². The minimum absolute atomic E-state index is 0.878. The van der Waals surface area contributed by atoms with Crippen LogP contribution in [0.2, 0.25) is 0 Å². The lowest BCUT2D eigenvalue weighted by atomic mass is 10.1. The van der Waals surface area contributed by atoms with Crippen molar-refractivity contribution < 1.29 is 0 Å². The number of hydrogen-bond acceptors (Lipinski definition) is 2. The maximum atomic E-state index is 4.35. The molecule has 5 heteroatoms. The first-order valence-electron chi connectivity index (χ1n) is 6.70. The molecule has 3 N–H and O–H groups in total. The Bertz CT molecular complexity index is 840. The molecule has 0 bridgehead atoms. The molecule has 5 nitrogen and oxygen atoms in total. The third kappa shape index (κ3) is 2.04. The van der Waals surface area contributed by atoms with Gasteiger partial charge in [0.15, 0.2) is 0 Å². The molecule has 0 unspecified atom stereocenters. The summed E-state index contributed by atoms with van der Waals surface area (Å²) in [6, 6.07) is 16.1. The van der Waals surface area contributed by atoms with Crippen LogP contribution in [-0.2, 0) is 0 Å². The smallest absolute Gasteiger partial charge is 0.109 e. The predicted molar refractivity (Wildman–Crippen MR) is 81.4 cm³/mol. The number of benzene rings is 1. The van der Waals surface area contributed by atoms with Gasteiger partial charge in [0.05, 0.1) is 23.3 Å². The molecule has 0 aliphatic carbocycles. The second kappa shape index (κ2) is 4.79. The molecule has 0 fully saturated rings. The third-order valence-electron chi connectivity index (χ3n) is 3.45. The van der Waals surface area contributed by atoms with Gasteiger partial charge < -0.3 is 4.98 Å². The highest BCUT2D eigenvalue weighted by molar-refractivity contribution is 5.79. The summed E-state index contributed by atoms with van der Waals surface area (Å²) in [5.41, 5.74) is 5.89. The van der Waals surface area contributed by atoms with Crippen LogP contribution < -0.4 is 0 Å². The highest BCUT2D eigenvalue weighted by Crippen LogP contribution is 2.30. The Labute approximate surface area is 121 Å². The minimum Gasteiger partial charge on any atom is -0.360 e. The molecule has 0 spiro atoms. The number of aromatic amines is 3. The van der Waals surface area contributed by atoms with Crippen molar-refractivity contribution in [2.75, 3.05) is 0 Å². The number of rotatable bonds is 3. The van der Waals surface area contributed by atoms with Crippen LogP contribution >= 0.6 is 0 Å². The molecular weight excluding hydrogens is 262 g/mol. The second-order valence-corrected chi connectivity index (χ2v) is 4.78. The highest BCUT2D eigenvalue weighted by Gasteiger charge is 2.13. The molecule has 4 rings (SSSR count). The third-order valence-corrected chi connectivity index (χ3v) is 3.45. The fourth-order valence-corrected chi connectivity index (χ4v) is 2.41. The molecule has 0 radical (unpaired) electrons. The Hall–Kier alpha value is -3.08. The quantitative estimate of drug-likeness (QED) is 0.535. The lowest BCUT2D eigenvalue weighted by Crippen LogP contribution is -1.82. The molecule has 0 aliphatic heterocycles. The van der Waals surface area contributed by atoms with Crippen LogP contribution in [0.4, 0.5) is 0 Å². The van der Waals surface area contributed by atoms with Gasteiger partial charge in [-0.25, -0.2) is 0 Å². The van der Waals surface area contributed by atoms with Crippen LogP contribution in [-0.4, -0.2) is 25.4 Å². The van der Waals surface area contributed by atoms with Gasteiger partial charge in [0, 0.05) is 11.8 Å². The monoisotopic (exact) mass is 275 g/mol. The van der Waals surface area contributed by atoms with E-state index in [1.165, 1.54) is 0 Å². The average molecular weight is 275 g/mol. The average Bonchev–Trinajstić information content (AvgIpc) is 3.27. The summed E-state index contributed by atoms with van der Waals surface area (Å²) >= 11 is 0. The first-order valence-corrected chi connectivity index (χ1v) is 6.70. The Morgan fingerprint density at radius 1 is 0.857 bits per heavy atom. The fourth-order valence-electron chi connectivity index (χ4n) is 2.41. The SMILES string of the molecule is c1ccc(-c2cn[nH]c2-c2cc(-c3ccc[nH]3)n[nH]2)cc1. The zero-order valence-electron chi connectivity index (χ0n) is 11.2. The Kier molecular flexibility index (Phi) is 2.67. The molecule has 0 saturated carbocycles. The number of hydrogen-bond donors (Lipinski definition) is 3. The van der Waals surface area contributed by atoms with E-state index < -0.39 is 0 Å². The molecule has 3 heterocycles. The van der Waals surface area contributed by atoms with E-state index in [0.29, 0.717) is 0 Å². The number of H-pyrrole nitrogens is 3. The molecule has 1 aromatic carbocycles. The van der Waals surface area contributed by atoms with Crippen LogP contribution in [0.15, 0.2) is 60.9 Å². The summed E-state index contributed by atoms with van der Waals surface area (Å²) < 4.78 is 0. The molecule has 102 valence electrons. The van der Waals surface area contributed by atoms with Crippen LogP contribution in [0.3, 0.4) is 0 Å². The summed E-state index contributed by atoms with van der Waals surface area (Å²) in [6.07, 6.45) is 3.72. The van der Waals surface area contributed by atoms with Gasteiger partial charge in [0.2, 0.25) is 0 Å². The van der Waals surface area contributed by atoms with E-state index in [0.717, 1.165) is 33.9 Å². The Morgan fingerprint density at radius 2 is 1.76 bits per heavy atom. The van der Waals surface area contributed by atoms with E-state index in [1.807, 2.05) is 48.8 Å². The fraction of sp³-hybridized carbons (Fsp3) is 0. The predicted octanol–water partition coefficient (Wildman–Crippen LogP) is 3.46. The zero-order chi connectivity index (χ0) is 14.1. The van der Waals surface area contributed by atoms with Crippen LogP contribution in [0.5, 0.6) is 0 Å². The maximum Gasteiger partial charge on any atom is 0.109 e. The lowest BCUT2D eigenvalue weighted by molar-refractivity contribution is 1.06. The van der Waals surface area contributed by atoms with Gasteiger partial charge in [0.1, 0.15) is 5.69 Å². The molecule has 0 atom stereocenters. The maximum absolute atomic E-state index is 4.35. The van der Waals surface area contributed by atoms with Crippen molar-refractivity contribution in [2.45, 2.75) is 0 Å². The zero-order valence-corrected chi connectivity index (χ0v) is 11.2. The standard InChI is InChI=1S/C16H13N5/c1-2-5-11(6-3-1)12-10-18-21-16(12)15-9-14(19-20-15)13-7-4-8-17-13/h1-10,17H,(H,18,21)(H,19,20). The summed E-state index contributed by atoms with van der Waals surface area (Å²) in [5.74, 6) is 0. The van der Waals surface area contributed by atoms with E-state index in [9.17, 15) is 0 Å². The molecule has 4 aromatic rings. The largest absolute Gasteiger partial charge is 0.360 e. The topological polar surface area (TPSA) is 73.2 Å². The van der Waals surface area contributed by atoms with Crippen molar-refractivity contribution in [3.8, 4) is 33.9 Å². The summed E-state index contributed by atoms with van der Waals surface area (Å²) in [5, 5.41) is 14.6. The van der Waals surface area contributed by atoms with E-state index >= 15 is 0 Å². The molecule has 0 aliphatic rings. The normalized spacial score (nSPS) is 10.9. The van der Waals surface area contributed by atoms with Gasteiger partial charge in [-0.15, -0.1) is 0 Å². The molecular formula is C16H13N5. The van der Waals surface area contributed by atoms with E-state index in [-0.39, 0.29) is 0 Å². The minimum atomic E-state index is 0.878. The van der Waals surface area contributed by atoms with Gasteiger partial charge in [-0.3, -0.25) is 10.2 Å². The van der Waals surface area contributed by atoms with Crippen LogP contribution in [0.1, 0.15) is 0 Å². The van der Waals surface area contributed by atoms with Crippen molar-refractivity contribution in [3.63, 3.8) is 0 Å². The molecule has 0 saturated heterocycles. The highest BCUT2D eigenvalue weighted by atomic mass is 15.2. The second-order valence-electron chi connectivity index (χ2n) is 4.78. The van der Waals surface area contributed by atoms with Crippen molar-refractivity contribution in [1.82, 2.24) is 25.4 Å². The molecule has 0 amide bonds. The van der Waals surface area contributed by atoms with E-state index in [1.54, 1.807) is 0 Å². The number of nitrogens with one attached hydrogen (secondary N) is 3. The van der Waals surface area contributed by atoms with E-state index in [4.69, 9.17) is 0 Å². The summed E-state index contributed by atoms with van der Waals surface area (Å²) in [7, 11) is 0. The molecule has 3 aromatic heterocycles. The first-order chi connectivity index (χ1) is 10.4. The van der Waals surface area contributed by atoms with Crippen LogP contribution in [0, 0.1) is 0 Å². The van der Waals surface area contributed by atoms with Gasteiger partial charge in [0.25, 0.3) is 0 Å². The number of nitrogens with zero attached hydrogens (tertiary/aromatic N) is 2. The van der Waals surface area contributed by atoms with Crippen molar-refractivity contribution in [1.29, 1.82) is 0 Å². The van der Waals surface area contributed by atoms with Crippen molar-refractivity contribution in [2.24, 2.45) is 0 Å². The van der Waals surface area contributed by atoms with Gasteiger partial charge >= 0.3 is 0 Å². The number of aromatic nitrogens is 5. The molecule has 21 heavy (non-hydrogen) atoms. The Morgan fingerprint density at radius 3 is 2.57 bits per heavy atom. The first kappa shape index (κ1) is 11.7. The summed E-state index contributed by atoms with van der Waals surface area (Å²) in [4.78, 5) is 3.15. The Balaban J connectivity index is 1.77. The van der Waals surface area contributed by atoms with Gasteiger partial charge in [-0.1, -0.05) is 30.3 Å². The van der Waals surface area contributed by atoms with Crippen molar-refractivity contribution >= 4 is 0 Å². The van der Waals surface area contributed by atoms with Gasteiger partial charge in [-0.05, 0) is 23.8 Å². The lowest BCUT2D eigenvalue weighted by Gasteiger charge is -2.00. The van der Waals surface area contributed by atoms with Crippen LogP contribution in [0.25, 0.3) is 33.9 Å². The van der Waals surface area contributed by atoms with E-state index in [2.05, 4.69) is 37.5 Å². The summed E-state index contributed by atoms with van der Waals surface area (Å²) in [6.45, 7) is 0. The van der Waals surface area contributed by atoms with Crippen molar-refractivity contribution in [3.05, 3.63) is 60.9 Å².